The van der Waals surface area contributed by atoms with E-state index in [9.17, 15) is 0 Å². The van der Waals surface area contributed by atoms with E-state index < -0.39 is 5.41 Å². The molecule has 9 aromatic carbocycles. The maximum atomic E-state index is 3.72. The van der Waals surface area contributed by atoms with E-state index >= 15 is 0 Å². The maximum Gasteiger partial charge on any atom is 0.0551 e. The monoisotopic (exact) mass is 818 g/mol. The lowest BCUT2D eigenvalue weighted by Gasteiger charge is -2.48. The van der Waals surface area contributed by atoms with Gasteiger partial charge in [0, 0.05) is 39.3 Å². The molecular weight excluding hydrogens is 773 g/mol. The van der Waals surface area contributed by atoms with Crippen LogP contribution in [0.25, 0.3) is 56.0 Å². The first-order chi connectivity index (χ1) is 31.6. The third-order valence-corrected chi connectivity index (χ3v) is 14.1. The van der Waals surface area contributed by atoms with E-state index in [-0.39, 0.29) is 11.3 Å². The van der Waals surface area contributed by atoms with E-state index in [1.165, 1.54) is 72.2 Å². The quantitative estimate of drug-likeness (QED) is 0.162. The highest BCUT2D eigenvalue weighted by atomic mass is 15.0. The number of nitrogens with one attached hydrogen (secondary N) is 1. The zero-order valence-corrected chi connectivity index (χ0v) is 35.7. The summed E-state index contributed by atoms with van der Waals surface area (Å²) in [4.78, 5) is 0. The molecule has 12 rings (SSSR count). The van der Waals surface area contributed by atoms with Gasteiger partial charge in [-0.15, -0.1) is 0 Å². The van der Waals surface area contributed by atoms with Crippen molar-refractivity contribution in [2.24, 2.45) is 5.41 Å². The first-order valence-corrected chi connectivity index (χ1v) is 22.4. The second kappa shape index (κ2) is 15.1. The Morgan fingerprint density at radius 1 is 0.469 bits per heavy atom. The van der Waals surface area contributed by atoms with Crippen molar-refractivity contribution in [3.05, 3.63) is 276 Å². The number of benzene rings is 9. The lowest BCUT2D eigenvalue weighted by atomic mass is 9.53. The zero-order valence-electron chi connectivity index (χ0n) is 35.7. The number of rotatable bonds is 8. The molecule has 0 aliphatic heterocycles. The number of allylic oxidation sites excluding steroid dienone is 1. The third-order valence-electron chi connectivity index (χ3n) is 14.1. The first kappa shape index (κ1) is 37.8. The minimum atomic E-state index is -0.444. The Morgan fingerprint density at radius 3 is 1.67 bits per heavy atom. The van der Waals surface area contributed by atoms with Crippen LogP contribution in [0.1, 0.15) is 46.4 Å². The Bertz CT molecular complexity index is 3290. The van der Waals surface area contributed by atoms with Gasteiger partial charge in [-0.2, -0.15) is 0 Å². The fraction of sp³-hybridized carbons (Fsp3) is 0.0645. The normalized spacial score (nSPS) is 16.8. The van der Waals surface area contributed by atoms with Crippen molar-refractivity contribution in [3.8, 4) is 39.1 Å². The first-order valence-electron chi connectivity index (χ1n) is 22.4. The van der Waals surface area contributed by atoms with Gasteiger partial charge in [0.15, 0.2) is 0 Å². The van der Waals surface area contributed by atoms with Gasteiger partial charge in [-0.05, 0) is 110 Å². The predicted octanol–water partition coefficient (Wildman–Crippen LogP) is 15.9. The van der Waals surface area contributed by atoms with Gasteiger partial charge in [-0.25, -0.2) is 0 Å². The standard InChI is InChI=1S/C62H46N2/c1-61-40-39-58-59(60(61)52-29-17-18-30-55(52)62(61,48-23-11-4-12-24-48)49-25-13-5-14-26-49)54-42-47(34-38-57(54)64(58)51-35-31-44(32-36-51)43-19-7-2-8-20-43)46-33-37-56(63-50-27-15-6-16-28-50)53(41-46)45-21-9-3-10-22-45/h2-42,60,63H,1H3. The average molecular weight is 819 g/mol. The molecule has 304 valence electrons. The Labute approximate surface area is 375 Å². The molecule has 2 aliphatic carbocycles. The molecule has 0 saturated heterocycles. The zero-order chi connectivity index (χ0) is 42.7. The molecule has 10 aromatic rings. The van der Waals surface area contributed by atoms with E-state index in [0.29, 0.717) is 0 Å². The summed E-state index contributed by atoms with van der Waals surface area (Å²) in [5.41, 5.74) is 18.8. The van der Waals surface area contributed by atoms with E-state index in [1.807, 2.05) is 0 Å². The van der Waals surface area contributed by atoms with Crippen LogP contribution in [0.4, 0.5) is 11.4 Å². The summed E-state index contributed by atoms with van der Waals surface area (Å²) in [5, 5.41) is 5.00. The molecule has 2 aliphatic rings. The second-order valence-corrected chi connectivity index (χ2v) is 17.5. The fourth-order valence-corrected chi connectivity index (χ4v) is 11.4. The largest absolute Gasteiger partial charge is 0.355 e. The Hall–Kier alpha value is -7.94. The number of fused-ring (bicyclic) bond motifs is 7. The van der Waals surface area contributed by atoms with E-state index in [4.69, 9.17) is 0 Å². The molecule has 0 fully saturated rings. The molecule has 64 heavy (non-hydrogen) atoms. The lowest BCUT2D eigenvalue weighted by molar-refractivity contribution is 0.285. The molecule has 0 radical (unpaired) electrons. The summed E-state index contributed by atoms with van der Waals surface area (Å²) < 4.78 is 2.51. The summed E-state index contributed by atoms with van der Waals surface area (Å²) in [6.07, 6.45) is 5.00. The number of nitrogens with zero attached hydrogens (tertiary/aromatic N) is 1. The second-order valence-electron chi connectivity index (χ2n) is 17.5. The van der Waals surface area contributed by atoms with Gasteiger partial charge >= 0.3 is 0 Å². The van der Waals surface area contributed by atoms with Crippen molar-refractivity contribution < 1.29 is 0 Å². The number of anilines is 2. The molecule has 0 spiro atoms. The van der Waals surface area contributed by atoms with Crippen molar-refractivity contribution in [1.29, 1.82) is 0 Å². The van der Waals surface area contributed by atoms with E-state index in [1.54, 1.807) is 0 Å². The van der Waals surface area contributed by atoms with Crippen LogP contribution in [0.2, 0.25) is 0 Å². The van der Waals surface area contributed by atoms with Gasteiger partial charge < -0.3 is 9.88 Å². The van der Waals surface area contributed by atoms with Gasteiger partial charge in [0.25, 0.3) is 0 Å². The highest BCUT2D eigenvalue weighted by molar-refractivity contribution is 5.97. The summed E-state index contributed by atoms with van der Waals surface area (Å²) in [6.45, 7) is 2.52. The van der Waals surface area contributed by atoms with Crippen LogP contribution in [0.3, 0.4) is 0 Å². The van der Waals surface area contributed by atoms with E-state index in [0.717, 1.165) is 22.6 Å². The van der Waals surface area contributed by atoms with Gasteiger partial charge in [0.2, 0.25) is 0 Å². The summed E-state index contributed by atoms with van der Waals surface area (Å²) in [7, 11) is 0. The predicted molar refractivity (Wildman–Crippen MR) is 267 cm³/mol. The minimum Gasteiger partial charge on any atom is -0.355 e. The van der Waals surface area contributed by atoms with Crippen molar-refractivity contribution in [3.63, 3.8) is 0 Å². The third kappa shape index (κ3) is 5.80. The van der Waals surface area contributed by atoms with Crippen LogP contribution < -0.4 is 5.32 Å². The SMILES string of the molecule is CC12C=Cc3c(c4cc(-c5ccc(Nc6ccccc6)c(-c6ccccc6)c5)ccc4n3-c3ccc(-c4ccccc4)cc3)C1c1ccccc1C2(c1ccccc1)c1ccccc1. The van der Waals surface area contributed by atoms with Crippen LogP contribution in [-0.2, 0) is 5.41 Å². The topological polar surface area (TPSA) is 17.0 Å². The van der Waals surface area contributed by atoms with Crippen molar-refractivity contribution >= 4 is 28.4 Å². The highest BCUT2D eigenvalue weighted by Gasteiger charge is 2.62. The Balaban J connectivity index is 1.10. The van der Waals surface area contributed by atoms with Gasteiger partial charge in [0.05, 0.1) is 16.6 Å². The maximum absolute atomic E-state index is 3.72. The molecular formula is C62H46N2. The summed E-state index contributed by atoms with van der Waals surface area (Å²) in [5.74, 6) is 0.0593. The van der Waals surface area contributed by atoms with Crippen molar-refractivity contribution in [2.45, 2.75) is 18.3 Å². The highest BCUT2D eigenvalue weighted by Crippen LogP contribution is 2.69. The number of hydrogen-bond acceptors (Lipinski definition) is 1. The van der Waals surface area contributed by atoms with Crippen molar-refractivity contribution in [2.75, 3.05) is 5.32 Å². The van der Waals surface area contributed by atoms with Crippen LogP contribution in [0, 0.1) is 5.41 Å². The Morgan fingerprint density at radius 2 is 1.00 bits per heavy atom. The molecule has 2 unspecified atom stereocenters. The molecule has 2 heteroatoms. The molecule has 0 bridgehead atoms. The van der Waals surface area contributed by atoms with Gasteiger partial charge in [-0.1, -0.05) is 201 Å². The fourth-order valence-electron chi connectivity index (χ4n) is 11.4. The van der Waals surface area contributed by atoms with Crippen LogP contribution in [0.15, 0.2) is 243 Å². The average Bonchev–Trinajstić information content (AvgIpc) is 3.82. The van der Waals surface area contributed by atoms with Crippen LogP contribution >= 0.6 is 0 Å². The molecule has 1 heterocycles. The molecule has 0 amide bonds. The van der Waals surface area contributed by atoms with Crippen molar-refractivity contribution in [1.82, 2.24) is 4.57 Å². The van der Waals surface area contributed by atoms with Crippen LogP contribution in [-0.4, -0.2) is 4.57 Å². The van der Waals surface area contributed by atoms with E-state index in [2.05, 4.69) is 266 Å². The molecule has 0 saturated carbocycles. The Kier molecular flexibility index (Phi) is 8.95. The molecule has 2 nitrogen and oxygen atoms in total. The number of para-hydroxylation sites is 1. The number of hydrogen-bond donors (Lipinski definition) is 1. The van der Waals surface area contributed by atoms with Gasteiger partial charge in [-0.3, -0.25) is 0 Å². The van der Waals surface area contributed by atoms with Gasteiger partial charge in [0.1, 0.15) is 0 Å². The summed E-state index contributed by atoms with van der Waals surface area (Å²) >= 11 is 0. The summed E-state index contributed by atoms with van der Waals surface area (Å²) in [6, 6.07) is 86.8. The van der Waals surface area contributed by atoms with Crippen LogP contribution in [0.5, 0.6) is 0 Å². The molecule has 1 N–H and O–H groups in total. The molecule has 1 aromatic heterocycles. The number of aromatic nitrogens is 1. The molecule has 2 atom stereocenters. The smallest absolute Gasteiger partial charge is 0.0551 e. The lowest BCUT2D eigenvalue weighted by Crippen LogP contribution is -2.44. The minimum absolute atomic E-state index is 0.0593.